The van der Waals surface area contributed by atoms with Crippen molar-refractivity contribution >= 4 is 5.57 Å². The van der Waals surface area contributed by atoms with Crippen molar-refractivity contribution in [3.05, 3.63) is 104 Å². The van der Waals surface area contributed by atoms with Crippen molar-refractivity contribution in [2.75, 3.05) is 0 Å². The molecule has 0 amide bonds. The molecule has 10 heteroatoms. The van der Waals surface area contributed by atoms with Gasteiger partial charge in [-0.2, -0.15) is 13.2 Å². The first-order valence-corrected chi connectivity index (χ1v) is 10.3. The fourth-order valence-corrected chi connectivity index (χ4v) is 3.41. The number of alkyl halides is 3. The number of nitrogens with zero attached hydrogens (tertiary/aromatic N) is 2. The van der Waals surface area contributed by atoms with Gasteiger partial charge in [-0.05, 0) is 54.8 Å². The van der Waals surface area contributed by atoms with Crippen molar-refractivity contribution in [1.29, 1.82) is 0 Å². The second-order valence-corrected chi connectivity index (χ2v) is 7.73. The summed E-state index contributed by atoms with van der Waals surface area (Å²) in [5.41, 5.74) is 2.52. The number of rotatable bonds is 6. The Morgan fingerprint density at radius 3 is 2.53 bits per heavy atom. The lowest BCUT2D eigenvalue weighted by Gasteiger charge is -2.06. The molecule has 1 N–H and O–H groups in total. The van der Waals surface area contributed by atoms with E-state index in [1.165, 1.54) is 12.1 Å². The van der Waals surface area contributed by atoms with Crippen LogP contribution < -0.4 is 11.4 Å². The van der Waals surface area contributed by atoms with E-state index in [-0.39, 0.29) is 12.4 Å². The smallest absolute Gasteiger partial charge is 0.440 e. The molecule has 2 aromatic heterocycles. The minimum absolute atomic E-state index is 0.104. The molecule has 0 aliphatic carbocycles. The third-order valence-electron chi connectivity index (χ3n) is 5.30. The van der Waals surface area contributed by atoms with E-state index < -0.39 is 23.2 Å². The van der Waals surface area contributed by atoms with Gasteiger partial charge in [-0.25, -0.2) is 19.6 Å². The first-order chi connectivity index (χ1) is 16.1. The maximum Gasteiger partial charge on any atom is 0.440 e. The van der Waals surface area contributed by atoms with Crippen molar-refractivity contribution in [3.8, 4) is 11.5 Å². The van der Waals surface area contributed by atoms with E-state index in [2.05, 4.69) is 4.98 Å². The minimum atomic E-state index is -4.40. The van der Waals surface area contributed by atoms with Crippen molar-refractivity contribution < 1.29 is 22.1 Å². The quantitative estimate of drug-likeness (QED) is 0.436. The predicted molar refractivity (Wildman–Crippen MR) is 118 cm³/mol. The summed E-state index contributed by atoms with van der Waals surface area (Å²) in [7, 11) is 0. The molecule has 34 heavy (non-hydrogen) atoms. The number of nitrogens with one attached hydrogen (secondary N) is 1. The number of aromatic nitrogens is 3. The van der Waals surface area contributed by atoms with Gasteiger partial charge in [0.1, 0.15) is 5.76 Å². The van der Waals surface area contributed by atoms with Gasteiger partial charge in [0.05, 0.1) is 17.8 Å². The maximum atomic E-state index is 12.8. The Morgan fingerprint density at radius 2 is 1.88 bits per heavy atom. The zero-order valence-corrected chi connectivity index (χ0v) is 18.3. The number of aryl methyl sites for hydroxylation is 1. The van der Waals surface area contributed by atoms with Crippen molar-refractivity contribution in [1.82, 2.24) is 14.7 Å². The summed E-state index contributed by atoms with van der Waals surface area (Å²) in [5.74, 6) is 0.0259. The highest BCUT2D eigenvalue weighted by Crippen LogP contribution is 2.31. The molecule has 0 fully saturated rings. The Hall–Kier alpha value is -4.08. The van der Waals surface area contributed by atoms with Gasteiger partial charge in [0.15, 0.2) is 0 Å². The summed E-state index contributed by atoms with van der Waals surface area (Å²) in [6, 6.07) is 12.4. The molecule has 176 valence electrons. The summed E-state index contributed by atoms with van der Waals surface area (Å²) in [6.45, 7) is 3.73. The number of benzene rings is 2. The Kier molecular flexibility index (Phi) is 6.14. The average molecular weight is 471 g/mol. The molecule has 0 aliphatic heterocycles. The largest absolute Gasteiger partial charge is 0.441 e. The van der Waals surface area contributed by atoms with Crippen LogP contribution in [0.2, 0.25) is 0 Å². The second-order valence-electron chi connectivity index (χ2n) is 7.73. The molecule has 0 aliphatic rings. The topological polar surface area (TPSA) is 94.0 Å². The molecule has 0 bridgehead atoms. The van der Waals surface area contributed by atoms with Gasteiger partial charge < -0.3 is 8.94 Å². The van der Waals surface area contributed by atoms with E-state index in [1.54, 1.807) is 13.0 Å². The number of hydrogen-bond acceptors (Lipinski definition) is 5. The third kappa shape index (κ3) is 5.11. The maximum absolute atomic E-state index is 12.8. The molecular weight excluding hydrogens is 451 g/mol. The zero-order valence-electron chi connectivity index (χ0n) is 18.3. The second kappa shape index (κ2) is 9.05. The number of hydrogen-bond donors (Lipinski definition) is 1. The lowest BCUT2D eigenvalue weighted by atomic mass is 10.0. The van der Waals surface area contributed by atoms with Gasteiger partial charge in [-0.3, -0.25) is 0 Å². The van der Waals surface area contributed by atoms with Crippen LogP contribution >= 0.6 is 0 Å². The van der Waals surface area contributed by atoms with Crippen LogP contribution in [0.5, 0.6) is 0 Å². The van der Waals surface area contributed by atoms with E-state index in [0.717, 1.165) is 33.6 Å². The van der Waals surface area contributed by atoms with Crippen LogP contribution in [0.25, 0.3) is 17.0 Å². The summed E-state index contributed by atoms with van der Waals surface area (Å²) in [4.78, 5) is 29.2. The van der Waals surface area contributed by atoms with Crippen LogP contribution in [0.4, 0.5) is 13.2 Å². The van der Waals surface area contributed by atoms with Crippen LogP contribution in [0.15, 0.2) is 73.1 Å². The number of allylic oxidation sites excluding steroid dienone is 2. The van der Waals surface area contributed by atoms with Crippen LogP contribution in [-0.4, -0.2) is 14.7 Å². The van der Waals surface area contributed by atoms with E-state index >= 15 is 0 Å². The van der Waals surface area contributed by atoms with Gasteiger partial charge in [-0.15, -0.1) is 4.74 Å². The van der Waals surface area contributed by atoms with E-state index in [1.807, 2.05) is 36.2 Å². The normalized spacial score (nSPS) is 12.3. The lowest BCUT2D eigenvalue weighted by molar-refractivity contribution is -0.137. The van der Waals surface area contributed by atoms with Gasteiger partial charge >= 0.3 is 17.6 Å². The summed E-state index contributed by atoms with van der Waals surface area (Å²) in [5, 5.41) is 0. The molecule has 7 nitrogen and oxygen atoms in total. The molecular formula is C24H20F3N3O4. The Morgan fingerprint density at radius 1 is 1.15 bits per heavy atom. The summed E-state index contributed by atoms with van der Waals surface area (Å²) in [6.07, 6.45) is -2.18. The van der Waals surface area contributed by atoms with E-state index in [9.17, 15) is 22.8 Å². The van der Waals surface area contributed by atoms with Crippen LogP contribution in [0, 0.1) is 6.92 Å². The van der Waals surface area contributed by atoms with Gasteiger partial charge in [0.25, 0.3) is 0 Å². The molecule has 0 saturated heterocycles. The van der Waals surface area contributed by atoms with Gasteiger partial charge in [0.2, 0.25) is 5.89 Å². The summed E-state index contributed by atoms with van der Waals surface area (Å²) < 4.78 is 49.8. The molecule has 0 spiro atoms. The molecule has 0 atom stereocenters. The van der Waals surface area contributed by atoms with Crippen molar-refractivity contribution in [2.24, 2.45) is 0 Å². The molecule has 0 saturated carbocycles. The Bertz CT molecular complexity index is 1450. The van der Waals surface area contributed by atoms with Crippen LogP contribution in [-0.2, 0) is 19.1 Å². The van der Waals surface area contributed by atoms with Crippen LogP contribution in [0.3, 0.4) is 0 Å². The standard InChI is InChI=1S/C24H20F3N3O4/c1-14(10-11-30-22(31)29-23(32)34-30)18-5-3-4-16(12-18)13-20-15(2)33-21(28-20)17-6-8-19(9-7-17)24(25,26)27/h3-10,12H,11,13H2,1-2H3,(H,29,31,32)/b14-10-. The highest BCUT2D eigenvalue weighted by Gasteiger charge is 2.30. The fraction of sp³-hybridized carbons (Fsp3) is 0.208. The molecule has 2 aromatic carbocycles. The highest BCUT2D eigenvalue weighted by molar-refractivity contribution is 5.64. The third-order valence-corrected chi connectivity index (χ3v) is 5.30. The number of aromatic amines is 1. The molecule has 4 rings (SSSR count). The predicted octanol–water partition coefficient (Wildman–Crippen LogP) is 4.81. The van der Waals surface area contributed by atoms with Gasteiger partial charge in [0, 0.05) is 12.0 Å². The Balaban J connectivity index is 1.51. The van der Waals surface area contributed by atoms with Gasteiger partial charge in [-0.1, -0.05) is 30.3 Å². The highest BCUT2D eigenvalue weighted by atomic mass is 19.4. The zero-order chi connectivity index (χ0) is 24.5. The molecule has 4 aromatic rings. The SMILES string of the molecule is C/C(=C/Cn1oc(=O)[nH]c1=O)c1cccc(Cc2nc(-c3ccc(C(F)(F)F)cc3)oc2C)c1. The van der Waals surface area contributed by atoms with Crippen LogP contribution in [0.1, 0.15) is 35.1 Å². The molecule has 0 unspecified atom stereocenters. The lowest BCUT2D eigenvalue weighted by Crippen LogP contribution is -2.15. The number of oxazole rings is 1. The first kappa shape index (κ1) is 23.1. The van der Waals surface area contributed by atoms with Crippen molar-refractivity contribution in [3.63, 3.8) is 0 Å². The monoisotopic (exact) mass is 471 g/mol. The molecule has 0 radical (unpaired) electrons. The fourth-order valence-electron chi connectivity index (χ4n) is 3.41. The number of halogens is 3. The minimum Gasteiger partial charge on any atom is -0.441 e. The van der Waals surface area contributed by atoms with Crippen molar-refractivity contribution in [2.45, 2.75) is 33.0 Å². The van der Waals surface area contributed by atoms with E-state index in [0.29, 0.717) is 23.4 Å². The average Bonchev–Trinajstić information content (AvgIpc) is 3.32. The molecule has 2 heterocycles. The number of H-pyrrole nitrogens is 1. The Labute approximate surface area is 191 Å². The van der Waals surface area contributed by atoms with E-state index in [4.69, 9.17) is 8.94 Å². The first-order valence-electron chi connectivity index (χ1n) is 10.3. The summed E-state index contributed by atoms with van der Waals surface area (Å²) >= 11 is 0.